The van der Waals surface area contributed by atoms with Crippen LogP contribution in [0.2, 0.25) is 0 Å². The molecular weight excluding hydrogens is 402 g/mol. The Bertz CT molecular complexity index is 970. The smallest absolute Gasteiger partial charge is 0.266 e. The Labute approximate surface area is 170 Å². The summed E-state index contributed by atoms with van der Waals surface area (Å²) in [6.45, 7) is 1.50. The number of nitrogens with zero attached hydrogens (tertiary/aromatic N) is 2. The van der Waals surface area contributed by atoms with Gasteiger partial charge in [0.25, 0.3) is 5.91 Å². The van der Waals surface area contributed by atoms with Crippen LogP contribution >= 0.6 is 24.0 Å². The van der Waals surface area contributed by atoms with E-state index in [2.05, 4.69) is 10.5 Å². The van der Waals surface area contributed by atoms with Crippen LogP contribution in [0.25, 0.3) is 6.08 Å². The molecule has 0 bridgehead atoms. The predicted octanol–water partition coefficient (Wildman–Crippen LogP) is 2.84. The number of methoxy groups -OCH3 is 2. The highest BCUT2D eigenvalue weighted by Gasteiger charge is 2.33. The van der Waals surface area contributed by atoms with Crippen LogP contribution < -0.4 is 14.8 Å². The van der Waals surface area contributed by atoms with Crippen LogP contribution in [0.4, 0.5) is 5.82 Å². The van der Waals surface area contributed by atoms with Crippen molar-refractivity contribution < 1.29 is 23.6 Å². The number of anilines is 1. The van der Waals surface area contributed by atoms with Gasteiger partial charge in [-0.05, 0) is 30.7 Å². The lowest BCUT2D eigenvalue weighted by atomic mass is 10.2. The first-order chi connectivity index (χ1) is 13.4. The number of benzene rings is 1. The zero-order valence-corrected chi connectivity index (χ0v) is 17.0. The van der Waals surface area contributed by atoms with Gasteiger partial charge in [0.05, 0.1) is 19.1 Å². The minimum Gasteiger partial charge on any atom is -0.493 e. The number of aryl methyl sites for hydroxylation is 1. The molecule has 1 saturated heterocycles. The van der Waals surface area contributed by atoms with Gasteiger partial charge < -0.3 is 19.3 Å². The van der Waals surface area contributed by atoms with Gasteiger partial charge in [-0.1, -0.05) is 35.2 Å². The third-order valence-corrected chi connectivity index (χ3v) is 5.15. The monoisotopic (exact) mass is 419 g/mol. The molecule has 2 heterocycles. The molecule has 8 nitrogen and oxygen atoms in total. The Morgan fingerprint density at radius 3 is 2.71 bits per heavy atom. The minimum absolute atomic E-state index is 0.208. The van der Waals surface area contributed by atoms with E-state index in [0.717, 1.165) is 17.3 Å². The summed E-state index contributed by atoms with van der Waals surface area (Å²) in [6, 6.07) is 6.89. The molecule has 3 rings (SSSR count). The van der Waals surface area contributed by atoms with Gasteiger partial charge >= 0.3 is 0 Å². The Morgan fingerprint density at radius 1 is 1.32 bits per heavy atom. The molecule has 146 valence electrons. The number of hydrogen-bond donors (Lipinski definition) is 1. The average Bonchev–Trinajstić information content (AvgIpc) is 3.19. The number of carbonyl (C=O) groups is 2. The number of rotatable bonds is 6. The third-order valence-electron chi connectivity index (χ3n) is 3.78. The molecule has 2 amide bonds. The van der Waals surface area contributed by atoms with Crippen molar-refractivity contribution in [3.8, 4) is 11.5 Å². The van der Waals surface area contributed by atoms with E-state index < -0.39 is 5.91 Å². The normalized spacial score (nSPS) is 15.2. The molecule has 1 fully saturated rings. The first kappa shape index (κ1) is 19.9. The fourth-order valence-corrected chi connectivity index (χ4v) is 3.74. The first-order valence-corrected chi connectivity index (χ1v) is 9.34. The van der Waals surface area contributed by atoms with Crippen molar-refractivity contribution in [1.29, 1.82) is 0 Å². The fourth-order valence-electron chi connectivity index (χ4n) is 2.48. The van der Waals surface area contributed by atoms with Crippen molar-refractivity contribution >= 4 is 52.0 Å². The topological polar surface area (TPSA) is 93.9 Å². The molecule has 1 aromatic heterocycles. The maximum atomic E-state index is 12.7. The first-order valence-electron chi connectivity index (χ1n) is 8.12. The van der Waals surface area contributed by atoms with Gasteiger partial charge in [0.15, 0.2) is 17.3 Å². The molecular formula is C18H17N3O5S2. The van der Waals surface area contributed by atoms with E-state index in [1.807, 2.05) is 0 Å². The summed E-state index contributed by atoms with van der Waals surface area (Å²) in [5.41, 5.74) is 0.751. The average molecular weight is 419 g/mol. The summed E-state index contributed by atoms with van der Waals surface area (Å²) in [5, 5.41) is 6.25. The van der Waals surface area contributed by atoms with E-state index in [1.54, 1.807) is 44.4 Å². The molecule has 0 saturated carbocycles. The zero-order chi connectivity index (χ0) is 20.3. The highest BCUT2D eigenvalue weighted by molar-refractivity contribution is 8.26. The maximum absolute atomic E-state index is 12.7. The lowest BCUT2D eigenvalue weighted by Gasteiger charge is -2.13. The number of aromatic nitrogens is 1. The molecule has 0 unspecified atom stereocenters. The molecule has 0 spiro atoms. The van der Waals surface area contributed by atoms with Crippen molar-refractivity contribution in [2.24, 2.45) is 0 Å². The Balaban J connectivity index is 1.72. The van der Waals surface area contributed by atoms with Crippen molar-refractivity contribution in [3.63, 3.8) is 0 Å². The quantitative estimate of drug-likeness (QED) is 0.564. The highest BCUT2D eigenvalue weighted by Crippen LogP contribution is 2.34. The van der Waals surface area contributed by atoms with Crippen LogP contribution in [0, 0.1) is 6.92 Å². The Morgan fingerprint density at radius 2 is 2.07 bits per heavy atom. The summed E-state index contributed by atoms with van der Waals surface area (Å²) in [5.74, 6) is 1.24. The number of ether oxygens (including phenoxy) is 2. The van der Waals surface area contributed by atoms with E-state index >= 15 is 0 Å². The van der Waals surface area contributed by atoms with Gasteiger partial charge in [-0.3, -0.25) is 14.5 Å². The lowest BCUT2D eigenvalue weighted by molar-refractivity contribution is -0.126. The van der Waals surface area contributed by atoms with Gasteiger partial charge in [0.2, 0.25) is 5.91 Å². The molecule has 28 heavy (non-hydrogen) atoms. The standard InChI is InChI=1S/C18H17N3O5S2/c1-10-6-15(20-26-10)19-16(22)9-21-17(23)14(28-18(21)27)8-11-4-5-12(24-2)13(7-11)25-3/h4-8H,9H2,1-3H3,(H,19,20,22). The summed E-state index contributed by atoms with van der Waals surface area (Å²) < 4.78 is 15.7. The van der Waals surface area contributed by atoms with Crippen LogP contribution in [0.15, 0.2) is 33.7 Å². The zero-order valence-electron chi connectivity index (χ0n) is 15.3. The third kappa shape index (κ3) is 4.34. The molecule has 0 radical (unpaired) electrons. The number of carbonyl (C=O) groups excluding carboxylic acids is 2. The largest absolute Gasteiger partial charge is 0.493 e. The van der Waals surface area contributed by atoms with Crippen molar-refractivity contribution in [2.45, 2.75) is 6.92 Å². The van der Waals surface area contributed by atoms with Gasteiger partial charge in [0, 0.05) is 6.07 Å². The summed E-state index contributed by atoms with van der Waals surface area (Å²) >= 11 is 6.39. The molecule has 0 atom stereocenters. The van der Waals surface area contributed by atoms with Crippen LogP contribution in [0.1, 0.15) is 11.3 Å². The Hall–Kier alpha value is -2.85. The minimum atomic E-state index is -0.419. The van der Waals surface area contributed by atoms with Crippen LogP contribution in [-0.4, -0.2) is 47.0 Å². The second kappa shape index (κ2) is 8.44. The van der Waals surface area contributed by atoms with Crippen molar-refractivity contribution in [2.75, 3.05) is 26.1 Å². The SMILES string of the molecule is COc1ccc(C=C2SC(=S)N(CC(=O)Nc3cc(C)on3)C2=O)cc1OC. The second-order valence-corrected chi connectivity index (χ2v) is 7.43. The van der Waals surface area contributed by atoms with E-state index in [9.17, 15) is 9.59 Å². The lowest BCUT2D eigenvalue weighted by Crippen LogP contribution is -2.36. The molecule has 1 N–H and O–H groups in total. The summed E-state index contributed by atoms with van der Waals surface area (Å²) in [4.78, 5) is 26.5. The van der Waals surface area contributed by atoms with E-state index in [-0.39, 0.29) is 18.3 Å². The molecule has 2 aromatic rings. The predicted molar refractivity (Wildman–Crippen MR) is 109 cm³/mol. The summed E-state index contributed by atoms with van der Waals surface area (Å²) in [7, 11) is 3.09. The molecule has 1 aliphatic rings. The van der Waals surface area contributed by atoms with Crippen molar-refractivity contribution in [1.82, 2.24) is 10.1 Å². The van der Waals surface area contributed by atoms with Crippen LogP contribution in [0.3, 0.4) is 0 Å². The molecule has 1 aromatic carbocycles. The van der Waals surface area contributed by atoms with E-state index in [1.165, 1.54) is 12.0 Å². The Kier molecular flexibility index (Phi) is 6.00. The van der Waals surface area contributed by atoms with Gasteiger partial charge in [-0.15, -0.1) is 0 Å². The van der Waals surface area contributed by atoms with Gasteiger partial charge in [-0.2, -0.15) is 0 Å². The molecule has 1 aliphatic heterocycles. The molecule has 0 aliphatic carbocycles. The molecule has 10 heteroatoms. The fraction of sp³-hybridized carbons (Fsp3) is 0.222. The maximum Gasteiger partial charge on any atom is 0.266 e. The number of thiocarbonyl (C=S) groups is 1. The van der Waals surface area contributed by atoms with E-state index in [4.69, 9.17) is 26.2 Å². The van der Waals surface area contributed by atoms with Gasteiger partial charge in [-0.25, -0.2) is 0 Å². The summed E-state index contributed by atoms with van der Waals surface area (Å²) in [6.07, 6.45) is 1.69. The number of hydrogen-bond acceptors (Lipinski definition) is 8. The number of nitrogens with one attached hydrogen (secondary N) is 1. The van der Waals surface area contributed by atoms with Crippen LogP contribution in [-0.2, 0) is 9.59 Å². The van der Waals surface area contributed by atoms with E-state index in [0.29, 0.717) is 26.5 Å². The van der Waals surface area contributed by atoms with Crippen LogP contribution in [0.5, 0.6) is 11.5 Å². The number of amides is 2. The second-order valence-electron chi connectivity index (χ2n) is 5.75. The highest BCUT2D eigenvalue weighted by atomic mass is 32.2. The van der Waals surface area contributed by atoms with Gasteiger partial charge in [0.1, 0.15) is 16.6 Å². The van der Waals surface area contributed by atoms with Crippen molar-refractivity contribution in [3.05, 3.63) is 40.5 Å². The number of thioether (sulfide) groups is 1.